The number of hydrogen-bond acceptors (Lipinski definition) is 2. The first kappa shape index (κ1) is 10.2. The van der Waals surface area contributed by atoms with Crippen LogP contribution in [0.25, 0.3) is 0 Å². The lowest BCUT2D eigenvalue weighted by atomic mass is 9.76. The summed E-state index contributed by atoms with van der Waals surface area (Å²) >= 11 is 0. The lowest BCUT2D eigenvalue weighted by Crippen LogP contribution is -2.59. The summed E-state index contributed by atoms with van der Waals surface area (Å²) in [6, 6.07) is 10.1. The molecule has 0 aromatic heterocycles. The minimum absolute atomic E-state index is 0.218. The topological polar surface area (TPSA) is 55.1 Å². The molecule has 1 aromatic rings. The molecule has 1 aromatic carbocycles. The summed E-state index contributed by atoms with van der Waals surface area (Å²) in [5.74, 6) is -0.218. The van der Waals surface area contributed by atoms with Crippen molar-refractivity contribution < 1.29 is 4.79 Å². The van der Waals surface area contributed by atoms with Gasteiger partial charge in [-0.25, -0.2) is 0 Å². The van der Waals surface area contributed by atoms with E-state index in [4.69, 9.17) is 5.73 Å². The first-order chi connectivity index (χ1) is 7.23. The fourth-order valence-electron chi connectivity index (χ4n) is 1.91. The molecule has 1 aliphatic carbocycles. The third kappa shape index (κ3) is 2.02. The van der Waals surface area contributed by atoms with Gasteiger partial charge in [0.1, 0.15) is 0 Å². The molecule has 80 valence electrons. The summed E-state index contributed by atoms with van der Waals surface area (Å²) in [4.78, 5) is 11.3. The van der Waals surface area contributed by atoms with Crippen molar-refractivity contribution in [1.29, 1.82) is 0 Å². The zero-order valence-electron chi connectivity index (χ0n) is 8.70. The van der Waals surface area contributed by atoms with Crippen LogP contribution in [0.1, 0.15) is 24.8 Å². The molecule has 15 heavy (non-hydrogen) atoms. The van der Waals surface area contributed by atoms with Crippen LogP contribution in [-0.4, -0.2) is 11.4 Å². The van der Waals surface area contributed by atoms with Crippen molar-refractivity contribution >= 4 is 5.91 Å². The van der Waals surface area contributed by atoms with Gasteiger partial charge in [-0.2, -0.15) is 0 Å². The molecule has 3 N–H and O–H groups in total. The highest BCUT2D eigenvalue weighted by molar-refractivity contribution is 5.85. The molecule has 3 heteroatoms. The molecule has 1 fully saturated rings. The second-order valence-electron chi connectivity index (χ2n) is 4.14. The maximum atomic E-state index is 11.3. The van der Waals surface area contributed by atoms with Gasteiger partial charge in [-0.3, -0.25) is 10.1 Å². The minimum atomic E-state index is -0.435. The second-order valence-corrected chi connectivity index (χ2v) is 4.14. The molecule has 1 aliphatic rings. The Hall–Kier alpha value is -1.35. The third-order valence-corrected chi connectivity index (χ3v) is 3.15. The Morgan fingerprint density at radius 2 is 2.00 bits per heavy atom. The number of benzene rings is 1. The van der Waals surface area contributed by atoms with E-state index in [2.05, 4.69) is 5.32 Å². The largest absolute Gasteiger partial charge is 0.368 e. The Bertz CT molecular complexity index is 344. The van der Waals surface area contributed by atoms with Gasteiger partial charge in [0, 0.05) is 6.54 Å². The summed E-state index contributed by atoms with van der Waals surface area (Å²) in [6.07, 6.45) is 2.83. The summed E-state index contributed by atoms with van der Waals surface area (Å²) in [7, 11) is 0. The van der Waals surface area contributed by atoms with Gasteiger partial charge < -0.3 is 5.73 Å². The second kappa shape index (κ2) is 4.03. The lowest BCUT2D eigenvalue weighted by Gasteiger charge is -2.39. The summed E-state index contributed by atoms with van der Waals surface area (Å²) in [5, 5.41) is 3.27. The molecular formula is C12H16N2O. The van der Waals surface area contributed by atoms with Crippen LogP contribution in [0.5, 0.6) is 0 Å². The quantitative estimate of drug-likeness (QED) is 0.774. The number of amides is 1. The molecule has 0 aliphatic heterocycles. The van der Waals surface area contributed by atoms with Crippen LogP contribution in [0.4, 0.5) is 0 Å². The van der Waals surface area contributed by atoms with E-state index < -0.39 is 5.54 Å². The van der Waals surface area contributed by atoms with Crippen LogP contribution in [0.3, 0.4) is 0 Å². The monoisotopic (exact) mass is 204 g/mol. The van der Waals surface area contributed by atoms with E-state index in [1.807, 2.05) is 30.3 Å². The third-order valence-electron chi connectivity index (χ3n) is 3.15. The highest BCUT2D eigenvalue weighted by Gasteiger charge is 2.41. The Kier molecular flexibility index (Phi) is 2.73. The Morgan fingerprint density at radius 3 is 2.47 bits per heavy atom. The summed E-state index contributed by atoms with van der Waals surface area (Å²) in [5.41, 5.74) is 6.15. The van der Waals surface area contributed by atoms with Crippen molar-refractivity contribution in [3.63, 3.8) is 0 Å². The molecule has 0 radical (unpaired) electrons. The minimum Gasteiger partial charge on any atom is -0.368 e. The van der Waals surface area contributed by atoms with Gasteiger partial charge in [0.25, 0.3) is 0 Å². The zero-order chi connectivity index (χ0) is 10.7. The van der Waals surface area contributed by atoms with E-state index in [9.17, 15) is 4.79 Å². The number of rotatable bonds is 4. The normalized spacial score (nSPS) is 18.1. The van der Waals surface area contributed by atoms with E-state index in [0.29, 0.717) is 6.54 Å². The molecular weight excluding hydrogens is 188 g/mol. The number of nitrogens with one attached hydrogen (secondary N) is 1. The van der Waals surface area contributed by atoms with Crippen molar-refractivity contribution in [3.05, 3.63) is 35.9 Å². The van der Waals surface area contributed by atoms with Gasteiger partial charge in [0.2, 0.25) is 5.91 Å². The fourth-order valence-corrected chi connectivity index (χ4v) is 1.91. The molecule has 0 bridgehead atoms. The number of primary amides is 1. The molecule has 0 atom stereocenters. The maximum absolute atomic E-state index is 11.3. The smallest absolute Gasteiger partial charge is 0.237 e. The maximum Gasteiger partial charge on any atom is 0.237 e. The molecule has 0 heterocycles. The van der Waals surface area contributed by atoms with Crippen LogP contribution in [0.2, 0.25) is 0 Å². The van der Waals surface area contributed by atoms with E-state index >= 15 is 0 Å². The average molecular weight is 204 g/mol. The molecule has 0 unspecified atom stereocenters. The number of nitrogens with two attached hydrogens (primary N) is 1. The predicted octanol–water partition coefficient (Wildman–Crippen LogP) is 1.18. The van der Waals surface area contributed by atoms with Crippen LogP contribution < -0.4 is 11.1 Å². The van der Waals surface area contributed by atoms with Crippen LogP contribution in [0, 0.1) is 0 Å². The Balaban J connectivity index is 1.95. The van der Waals surface area contributed by atoms with Crippen LogP contribution >= 0.6 is 0 Å². The van der Waals surface area contributed by atoms with Gasteiger partial charge in [-0.05, 0) is 24.8 Å². The SMILES string of the molecule is NC(=O)C1(NCc2ccccc2)CCC1. The Labute approximate surface area is 89.7 Å². The predicted molar refractivity (Wildman–Crippen MR) is 59.1 cm³/mol. The van der Waals surface area contributed by atoms with Crippen molar-refractivity contribution in [2.45, 2.75) is 31.3 Å². The van der Waals surface area contributed by atoms with Gasteiger partial charge in [0.05, 0.1) is 5.54 Å². The molecule has 0 spiro atoms. The van der Waals surface area contributed by atoms with E-state index in [1.54, 1.807) is 0 Å². The number of carbonyl (C=O) groups excluding carboxylic acids is 1. The van der Waals surface area contributed by atoms with E-state index in [1.165, 1.54) is 5.56 Å². The molecule has 3 nitrogen and oxygen atoms in total. The van der Waals surface area contributed by atoms with Gasteiger partial charge in [-0.1, -0.05) is 30.3 Å². The molecule has 0 saturated heterocycles. The highest BCUT2D eigenvalue weighted by Crippen LogP contribution is 2.31. The molecule has 2 rings (SSSR count). The van der Waals surface area contributed by atoms with Gasteiger partial charge >= 0.3 is 0 Å². The van der Waals surface area contributed by atoms with Crippen molar-refractivity contribution in [3.8, 4) is 0 Å². The average Bonchev–Trinajstić information content (AvgIpc) is 2.17. The van der Waals surface area contributed by atoms with Crippen LogP contribution in [-0.2, 0) is 11.3 Å². The van der Waals surface area contributed by atoms with Crippen LogP contribution in [0.15, 0.2) is 30.3 Å². The molecule has 1 saturated carbocycles. The number of carbonyl (C=O) groups is 1. The first-order valence-electron chi connectivity index (χ1n) is 5.32. The number of hydrogen-bond donors (Lipinski definition) is 2. The van der Waals surface area contributed by atoms with Crippen molar-refractivity contribution in [2.24, 2.45) is 5.73 Å². The van der Waals surface area contributed by atoms with Crippen molar-refractivity contribution in [2.75, 3.05) is 0 Å². The molecule has 1 amide bonds. The van der Waals surface area contributed by atoms with Gasteiger partial charge in [0.15, 0.2) is 0 Å². The lowest BCUT2D eigenvalue weighted by molar-refractivity contribution is -0.127. The standard InChI is InChI=1S/C12H16N2O/c13-11(15)12(7-4-8-12)14-9-10-5-2-1-3-6-10/h1-3,5-6,14H,4,7-9H2,(H2,13,15). The van der Waals surface area contributed by atoms with E-state index in [0.717, 1.165) is 19.3 Å². The fraction of sp³-hybridized carbons (Fsp3) is 0.417. The summed E-state index contributed by atoms with van der Waals surface area (Å²) < 4.78 is 0. The Morgan fingerprint density at radius 1 is 1.33 bits per heavy atom. The highest BCUT2D eigenvalue weighted by atomic mass is 16.1. The van der Waals surface area contributed by atoms with E-state index in [-0.39, 0.29) is 5.91 Å². The van der Waals surface area contributed by atoms with Gasteiger partial charge in [-0.15, -0.1) is 0 Å². The summed E-state index contributed by atoms with van der Waals surface area (Å²) in [6.45, 7) is 0.712. The van der Waals surface area contributed by atoms with Crippen molar-refractivity contribution in [1.82, 2.24) is 5.32 Å². The first-order valence-corrected chi connectivity index (χ1v) is 5.32. The zero-order valence-corrected chi connectivity index (χ0v) is 8.70.